The average molecular weight is 251 g/mol. The largest absolute Gasteiger partial charge is 0.490 e. The Kier molecular flexibility index (Phi) is 3.66. The predicted octanol–water partition coefficient (Wildman–Crippen LogP) is 1.53. The highest BCUT2D eigenvalue weighted by molar-refractivity contribution is 5.70. The van der Waals surface area contributed by atoms with Gasteiger partial charge < -0.3 is 15.4 Å². The maximum absolute atomic E-state index is 11.2. The number of piperidine rings is 1. The van der Waals surface area contributed by atoms with Gasteiger partial charge in [0.05, 0.1) is 12.0 Å². The standard InChI is InChI=1S/C12H17N3O3/c1-18-11-6-2-5-10(12(11)15(16)17)14-7-3-4-9(13)8-14/h2,5-6,9H,3-4,7-8,13H2,1H3/t9-/m1/s1. The molecule has 1 fully saturated rings. The van der Waals surface area contributed by atoms with Crippen molar-refractivity contribution in [2.24, 2.45) is 5.73 Å². The summed E-state index contributed by atoms with van der Waals surface area (Å²) in [5.74, 6) is 0.289. The average Bonchev–Trinajstić information content (AvgIpc) is 2.37. The third-order valence-electron chi connectivity index (χ3n) is 3.18. The number of nitrogens with zero attached hydrogens (tertiary/aromatic N) is 2. The Labute approximate surface area is 105 Å². The Morgan fingerprint density at radius 1 is 1.56 bits per heavy atom. The molecule has 98 valence electrons. The van der Waals surface area contributed by atoms with Crippen molar-refractivity contribution in [2.75, 3.05) is 25.1 Å². The number of nitro benzene ring substituents is 1. The van der Waals surface area contributed by atoms with Crippen LogP contribution < -0.4 is 15.4 Å². The van der Waals surface area contributed by atoms with E-state index in [2.05, 4.69) is 0 Å². The monoisotopic (exact) mass is 251 g/mol. The van der Waals surface area contributed by atoms with Gasteiger partial charge in [0.2, 0.25) is 0 Å². The number of hydrogen-bond donors (Lipinski definition) is 1. The third-order valence-corrected chi connectivity index (χ3v) is 3.18. The number of nitro groups is 1. The summed E-state index contributed by atoms with van der Waals surface area (Å²) in [5, 5.41) is 11.2. The molecule has 1 heterocycles. The second-order valence-corrected chi connectivity index (χ2v) is 4.43. The molecule has 6 nitrogen and oxygen atoms in total. The Morgan fingerprint density at radius 2 is 2.33 bits per heavy atom. The van der Waals surface area contributed by atoms with Crippen molar-refractivity contribution >= 4 is 11.4 Å². The maximum atomic E-state index is 11.2. The van der Waals surface area contributed by atoms with Crippen LogP contribution in [0.4, 0.5) is 11.4 Å². The third kappa shape index (κ3) is 2.38. The number of anilines is 1. The van der Waals surface area contributed by atoms with Crippen LogP contribution in [0.15, 0.2) is 18.2 Å². The van der Waals surface area contributed by atoms with E-state index in [0.717, 1.165) is 19.4 Å². The lowest BCUT2D eigenvalue weighted by Crippen LogP contribution is -2.43. The fourth-order valence-electron chi connectivity index (χ4n) is 2.34. The van der Waals surface area contributed by atoms with Crippen molar-refractivity contribution in [3.8, 4) is 5.75 Å². The van der Waals surface area contributed by atoms with Crippen molar-refractivity contribution in [2.45, 2.75) is 18.9 Å². The summed E-state index contributed by atoms with van der Waals surface area (Å²) in [4.78, 5) is 12.8. The quantitative estimate of drug-likeness (QED) is 0.650. The van der Waals surface area contributed by atoms with Crippen LogP contribution in [0.1, 0.15) is 12.8 Å². The van der Waals surface area contributed by atoms with E-state index in [0.29, 0.717) is 12.2 Å². The van der Waals surface area contributed by atoms with Crippen LogP contribution in [0.5, 0.6) is 5.75 Å². The summed E-state index contributed by atoms with van der Waals surface area (Å²) in [7, 11) is 1.44. The van der Waals surface area contributed by atoms with Gasteiger partial charge in [0.15, 0.2) is 5.75 Å². The number of hydrogen-bond acceptors (Lipinski definition) is 5. The Bertz CT molecular complexity index is 450. The van der Waals surface area contributed by atoms with E-state index in [-0.39, 0.29) is 17.5 Å². The minimum atomic E-state index is -0.395. The minimum Gasteiger partial charge on any atom is -0.490 e. The maximum Gasteiger partial charge on any atom is 0.333 e. The topological polar surface area (TPSA) is 81.6 Å². The summed E-state index contributed by atoms with van der Waals surface area (Å²) in [6.45, 7) is 1.44. The first-order valence-electron chi connectivity index (χ1n) is 5.95. The molecule has 1 saturated heterocycles. The lowest BCUT2D eigenvalue weighted by molar-refractivity contribution is -0.385. The van der Waals surface area contributed by atoms with E-state index >= 15 is 0 Å². The zero-order valence-corrected chi connectivity index (χ0v) is 10.3. The van der Waals surface area contributed by atoms with Crippen LogP contribution in [-0.4, -0.2) is 31.2 Å². The molecule has 0 unspecified atom stereocenters. The van der Waals surface area contributed by atoms with Crippen LogP contribution in [-0.2, 0) is 0 Å². The van der Waals surface area contributed by atoms with E-state index in [1.54, 1.807) is 18.2 Å². The van der Waals surface area contributed by atoms with Gasteiger partial charge in [-0.25, -0.2) is 0 Å². The second kappa shape index (κ2) is 5.22. The van der Waals surface area contributed by atoms with Gasteiger partial charge in [-0.2, -0.15) is 0 Å². The van der Waals surface area contributed by atoms with Crippen LogP contribution in [0, 0.1) is 10.1 Å². The molecule has 1 atom stereocenters. The molecule has 1 aromatic rings. The number of rotatable bonds is 3. The molecule has 0 aliphatic carbocycles. The van der Waals surface area contributed by atoms with Crippen molar-refractivity contribution in [1.29, 1.82) is 0 Å². The molecule has 2 N–H and O–H groups in total. The molecule has 0 radical (unpaired) electrons. The molecular formula is C12H17N3O3. The molecule has 1 aromatic carbocycles. The van der Waals surface area contributed by atoms with E-state index in [9.17, 15) is 10.1 Å². The minimum absolute atomic E-state index is 0.0223. The molecule has 1 aliphatic heterocycles. The van der Waals surface area contributed by atoms with Crippen molar-refractivity contribution in [3.05, 3.63) is 28.3 Å². The van der Waals surface area contributed by atoms with Gasteiger partial charge in [-0.05, 0) is 25.0 Å². The molecule has 0 saturated carbocycles. The van der Waals surface area contributed by atoms with Gasteiger partial charge in [-0.3, -0.25) is 10.1 Å². The highest BCUT2D eigenvalue weighted by atomic mass is 16.6. The zero-order valence-electron chi connectivity index (χ0n) is 10.3. The summed E-state index contributed by atoms with van der Waals surface area (Å²) in [5.41, 5.74) is 6.53. The van der Waals surface area contributed by atoms with Crippen LogP contribution >= 0.6 is 0 Å². The first kappa shape index (κ1) is 12.6. The van der Waals surface area contributed by atoms with Crippen LogP contribution in [0.2, 0.25) is 0 Å². The normalized spacial score (nSPS) is 19.7. The Balaban J connectivity index is 2.40. The first-order valence-corrected chi connectivity index (χ1v) is 5.95. The molecule has 0 spiro atoms. The van der Waals surface area contributed by atoms with Gasteiger partial charge in [0.1, 0.15) is 5.69 Å². The molecule has 6 heteroatoms. The molecule has 0 bridgehead atoms. The highest BCUT2D eigenvalue weighted by Crippen LogP contribution is 2.37. The van der Waals surface area contributed by atoms with E-state index in [1.807, 2.05) is 4.90 Å². The Hall–Kier alpha value is -1.82. The number of benzene rings is 1. The number of nitrogens with two attached hydrogens (primary N) is 1. The van der Waals surface area contributed by atoms with Gasteiger partial charge in [0.25, 0.3) is 0 Å². The van der Waals surface area contributed by atoms with E-state index in [1.165, 1.54) is 7.11 Å². The molecular weight excluding hydrogens is 234 g/mol. The fraction of sp³-hybridized carbons (Fsp3) is 0.500. The fourth-order valence-corrected chi connectivity index (χ4v) is 2.34. The predicted molar refractivity (Wildman–Crippen MR) is 69.1 cm³/mol. The van der Waals surface area contributed by atoms with Crippen LogP contribution in [0.3, 0.4) is 0 Å². The lowest BCUT2D eigenvalue weighted by atomic mass is 10.1. The van der Waals surface area contributed by atoms with Crippen molar-refractivity contribution in [1.82, 2.24) is 0 Å². The first-order chi connectivity index (χ1) is 8.63. The second-order valence-electron chi connectivity index (χ2n) is 4.43. The molecule has 0 aromatic heterocycles. The smallest absolute Gasteiger partial charge is 0.333 e. The van der Waals surface area contributed by atoms with Gasteiger partial charge in [-0.1, -0.05) is 6.07 Å². The summed E-state index contributed by atoms with van der Waals surface area (Å²) < 4.78 is 5.07. The summed E-state index contributed by atoms with van der Waals surface area (Å²) in [6, 6.07) is 5.19. The summed E-state index contributed by atoms with van der Waals surface area (Å²) >= 11 is 0. The number of ether oxygens (including phenoxy) is 1. The molecule has 1 aliphatic rings. The SMILES string of the molecule is COc1cccc(N2CCC[C@@H](N)C2)c1[N+](=O)[O-]. The van der Waals surface area contributed by atoms with Crippen molar-refractivity contribution < 1.29 is 9.66 Å². The van der Waals surface area contributed by atoms with Gasteiger partial charge >= 0.3 is 5.69 Å². The van der Waals surface area contributed by atoms with E-state index in [4.69, 9.17) is 10.5 Å². The molecule has 18 heavy (non-hydrogen) atoms. The number of methoxy groups -OCH3 is 1. The van der Waals surface area contributed by atoms with Gasteiger partial charge in [0, 0.05) is 19.1 Å². The molecule has 0 amide bonds. The highest BCUT2D eigenvalue weighted by Gasteiger charge is 2.27. The Morgan fingerprint density at radius 3 is 2.94 bits per heavy atom. The molecule has 2 rings (SSSR count). The van der Waals surface area contributed by atoms with Crippen LogP contribution in [0.25, 0.3) is 0 Å². The van der Waals surface area contributed by atoms with Gasteiger partial charge in [-0.15, -0.1) is 0 Å². The zero-order chi connectivity index (χ0) is 13.1. The summed E-state index contributed by atoms with van der Waals surface area (Å²) in [6.07, 6.45) is 1.92. The van der Waals surface area contributed by atoms with E-state index < -0.39 is 4.92 Å². The lowest BCUT2D eigenvalue weighted by Gasteiger charge is -2.32. The number of para-hydroxylation sites is 1. The van der Waals surface area contributed by atoms with Crippen molar-refractivity contribution in [3.63, 3.8) is 0 Å².